The topological polar surface area (TPSA) is 95.6 Å². The molecule has 2 aromatic rings. The number of fused-ring (bicyclic) bond motifs is 1. The van der Waals surface area contributed by atoms with Gasteiger partial charge in [-0.15, -0.1) is 11.8 Å². The van der Waals surface area contributed by atoms with Gasteiger partial charge in [0.25, 0.3) is 17.7 Å². The molecule has 4 rings (SSSR count). The minimum absolute atomic E-state index is 0.169. The quantitative estimate of drug-likeness (QED) is 0.278. The molecule has 2 aromatic carbocycles. The van der Waals surface area contributed by atoms with Crippen molar-refractivity contribution in [2.24, 2.45) is 11.8 Å². The van der Waals surface area contributed by atoms with Crippen LogP contribution in [0.1, 0.15) is 59.4 Å². The van der Waals surface area contributed by atoms with Gasteiger partial charge in [0.2, 0.25) is 5.91 Å². The molecule has 0 aromatic heterocycles. The zero-order valence-electron chi connectivity index (χ0n) is 22.0. The summed E-state index contributed by atoms with van der Waals surface area (Å²) in [6, 6.07) is 15.3. The van der Waals surface area contributed by atoms with Crippen molar-refractivity contribution in [1.29, 1.82) is 0 Å². The zero-order valence-corrected chi connectivity index (χ0v) is 22.8. The van der Waals surface area contributed by atoms with Crippen molar-refractivity contribution in [1.82, 2.24) is 15.5 Å². The molecule has 2 unspecified atom stereocenters. The van der Waals surface area contributed by atoms with Gasteiger partial charge in [-0.3, -0.25) is 24.1 Å². The maximum Gasteiger partial charge on any atom is 0.261 e. The van der Waals surface area contributed by atoms with Crippen molar-refractivity contribution >= 4 is 35.4 Å². The van der Waals surface area contributed by atoms with Gasteiger partial charge < -0.3 is 10.6 Å². The highest BCUT2D eigenvalue weighted by Crippen LogP contribution is 2.58. The molecular formula is C30H33N3O4S. The lowest BCUT2D eigenvalue weighted by molar-refractivity contribution is -0.127. The predicted octanol–water partition coefficient (Wildman–Crippen LogP) is 3.49. The molecule has 2 aliphatic rings. The molecule has 0 saturated heterocycles. The summed E-state index contributed by atoms with van der Waals surface area (Å²) in [6.45, 7) is 4.56. The van der Waals surface area contributed by atoms with E-state index < -0.39 is 10.8 Å². The van der Waals surface area contributed by atoms with Crippen molar-refractivity contribution in [2.75, 3.05) is 19.3 Å². The largest absolute Gasteiger partial charge is 0.357 e. The van der Waals surface area contributed by atoms with Gasteiger partial charge in [-0.05, 0) is 61.1 Å². The van der Waals surface area contributed by atoms with Gasteiger partial charge in [0.1, 0.15) is 0 Å². The SMILES string of the molecule is CNC(=O)C(C#Cc1ccccc1)NC(=O)C1(SCCCCN2C(=O)c3ccccc3C2=O)C[C@H]1C(C)C. The molecule has 1 fully saturated rings. The number of nitrogens with zero attached hydrogens (tertiary/aromatic N) is 1. The number of unbranched alkanes of at least 4 members (excludes halogenated alkanes) is 1. The molecule has 2 N–H and O–H groups in total. The highest BCUT2D eigenvalue weighted by molar-refractivity contribution is 8.01. The molecule has 1 aliphatic heterocycles. The Morgan fingerprint density at radius 2 is 1.66 bits per heavy atom. The summed E-state index contributed by atoms with van der Waals surface area (Å²) >= 11 is 1.60. The van der Waals surface area contributed by atoms with Crippen molar-refractivity contribution in [2.45, 2.75) is 43.9 Å². The van der Waals surface area contributed by atoms with E-state index in [-0.39, 0.29) is 29.5 Å². The first kappa shape index (κ1) is 27.5. The van der Waals surface area contributed by atoms with E-state index in [0.29, 0.717) is 35.8 Å². The average molecular weight is 532 g/mol. The van der Waals surface area contributed by atoms with Crippen molar-refractivity contribution in [3.05, 3.63) is 71.3 Å². The molecule has 0 spiro atoms. The maximum atomic E-state index is 13.5. The average Bonchev–Trinajstić information content (AvgIpc) is 3.63. The number of nitrogens with one attached hydrogen (secondary N) is 2. The Bertz CT molecular complexity index is 1250. The van der Waals surface area contributed by atoms with Crippen LogP contribution in [-0.2, 0) is 9.59 Å². The normalized spacial score (nSPS) is 20.4. The summed E-state index contributed by atoms with van der Waals surface area (Å²) in [7, 11) is 1.53. The molecule has 1 aliphatic carbocycles. The lowest BCUT2D eigenvalue weighted by Crippen LogP contribution is -2.49. The highest BCUT2D eigenvalue weighted by atomic mass is 32.2. The molecule has 3 atom stereocenters. The standard InChI is InChI=1S/C30H33N3O4S/c1-20(2)24-19-30(24,29(37)32-25(26(34)31-3)16-15-21-11-5-4-6-12-21)38-18-10-9-17-33-27(35)22-13-7-8-14-23(22)28(33)36/h4-8,11-14,20,24-25H,9-10,17-19H2,1-3H3,(H,31,34)(H,32,37)/t24-,25?,30?/m0/s1. The lowest BCUT2D eigenvalue weighted by atomic mass is 10.1. The molecule has 0 bridgehead atoms. The van der Waals surface area contributed by atoms with Crippen LogP contribution in [0.4, 0.5) is 0 Å². The molecule has 7 nitrogen and oxygen atoms in total. The third kappa shape index (κ3) is 5.78. The number of thioether (sulfide) groups is 1. The van der Waals surface area contributed by atoms with E-state index in [2.05, 4.69) is 36.3 Å². The number of amides is 4. The maximum absolute atomic E-state index is 13.5. The fourth-order valence-electron chi connectivity index (χ4n) is 4.84. The number of rotatable bonds is 10. The summed E-state index contributed by atoms with van der Waals surface area (Å²) in [6.07, 6.45) is 2.16. The van der Waals surface area contributed by atoms with E-state index in [0.717, 1.165) is 18.4 Å². The van der Waals surface area contributed by atoms with E-state index in [1.54, 1.807) is 36.0 Å². The van der Waals surface area contributed by atoms with Crippen LogP contribution in [-0.4, -0.2) is 58.7 Å². The van der Waals surface area contributed by atoms with Crippen LogP contribution in [0.25, 0.3) is 0 Å². The van der Waals surface area contributed by atoms with E-state index >= 15 is 0 Å². The van der Waals surface area contributed by atoms with Crippen LogP contribution >= 0.6 is 11.8 Å². The molecule has 4 amide bonds. The first-order chi connectivity index (χ1) is 18.3. The minimum atomic E-state index is -0.951. The molecular weight excluding hydrogens is 498 g/mol. The number of imide groups is 1. The number of benzene rings is 2. The molecule has 8 heteroatoms. The number of carbonyl (C=O) groups is 4. The van der Waals surface area contributed by atoms with Crippen LogP contribution in [0.3, 0.4) is 0 Å². The highest BCUT2D eigenvalue weighted by Gasteiger charge is 2.61. The van der Waals surface area contributed by atoms with Crippen molar-refractivity contribution < 1.29 is 19.2 Å². The van der Waals surface area contributed by atoms with Gasteiger partial charge in [-0.25, -0.2) is 0 Å². The van der Waals surface area contributed by atoms with E-state index in [9.17, 15) is 19.2 Å². The predicted molar refractivity (Wildman–Crippen MR) is 148 cm³/mol. The van der Waals surface area contributed by atoms with Gasteiger partial charge in [-0.2, -0.15) is 0 Å². The Balaban J connectivity index is 1.34. The summed E-state index contributed by atoms with van der Waals surface area (Å²) in [5.41, 5.74) is 1.69. The van der Waals surface area contributed by atoms with Gasteiger partial charge in [-0.1, -0.05) is 56.0 Å². The van der Waals surface area contributed by atoms with Gasteiger partial charge >= 0.3 is 0 Å². The third-order valence-electron chi connectivity index (χ3n) is 7.08. The fraction of sp³-hybridized carbons (Fsp3) is 0.400. The molecule has 1 heterocycles. The van der Waals surface area contributed by atoms with Crippen LogP contribution in [0.5, 0.6) is 0 Å². The van der Waals surface area contributed by atoms with Crippen molar-refractivity contribution in [3.8, 4) is 11.8 Å². The second-order valence-electron chi connectivity index (χ2n) is 9.96. The van der Waals surface area contributed by atoms with Gasteiger partial charge in [0.15, 0.2) is 6.04 Å². The number of likely N-dealkylation sites (N-methyl/N-ethyl adjacent to an activating group) is 1. The van der Waals surface area contributed by atoms with E-state index in [1.807, 2.05) is 30.3 Å². The first-order valence-corrected chi connectivity index (χ1v) is 14.0. The summed E-state index contributed by atoms with van der Waals surface area (Å²) in [4.78, 5) is 52.5. The smallest absolute Gasteiger partial charge is 0.261 e. The molecule has 1 saturated carbocycles. The minimum Gasteiger partial charge on any atom is -0.357 e. The van der Waals surface area contributed by atoms with Crippen molar-refractivity contribution in [3.63, 3.8) is 0 Å². The van der Waals surface area contributed by atoms with Gasteiger partial charge in [0.05, 0.1) is 15.9 Å². The number of hydrogen-bond acceptors (Lipinski definition) is 5. The Kier molecular flexibility index (Phi) is 8.58. The molecule has 38 heavy (non-hydrogen) atoms. The first-order valence-electron chi connectivity index (χ1n) is 13.0. The monoisotopic (exact) mass is 531 g/mol. The number of hydrogen-bond donors (Lipinski definition) is 2. The Labute approximate surface area is 228 Å². The Morgan fingerprint density at radius 3 is 2.24 bits per heavy atom. The van der Waals surface area contributed by atoms with Gasteiger partial charge in [0, 0.05) is 19.2 Å². The second-order valence-corrected chi connectivity index (χ2v) is 11.4. The summed E-state index contributed by atoms with van der Waals surface area (Å²) < 4.78 is -0.607. The van der Waals surface area contributed by atoms with Crippen LogP contribution in [0, 0.1) is 23.7 Å². The van der Waals surface area contributed by atoms with Crippen LogP contribution in [0.2, 0.25) is 0 Å². The fourth-order valence-corrected chi connectivity index (χ4v) is 6.53. The Morgan fingerprint density at radius 1 is 1.03 bits per heavy atom. The zero-order chi connectivity index (χ0) is 27.3. The van der Waals surface area contributed by atoms with E-state index in [1.165, 1.54) is 11.9 Å². The molecule has 198 valence electrons. The lowest BCUT2D eigenvalue weighted by Gasteiger charge is -2.21. The number of carbonyl (C=O) groups excluding carboxylic acids is 4. The second kappa shape index (κ2) is 11.9. The third-order valence-corrected chi connectivity index (χ3v) is 8.75. The Hall–Kier alpha value is -3.57. The van der Waals surface area contributed by atoms with E-state index in [4.69, 9.17) is 0 Å². The van der Waals surface area contributed by atoms with Crippen LogP contribution in [0.15, 0.2) is 54.6 Å². The summed E-state index contributed by atoms with van der Waals surface area (Å²) in [5.74, 6) is 6.11. The molecule has 0 radical (unpaired) electrons. The van der Waals surface area contributed by atoms with Crippen LogP contribution < -0.4 is 10.6 Å². The summed E-state index contributed by atoms with van der Waals surface area (Å²) in [5, 5.41) is 5.48.